The molecule has 0 unspecified atom stereocenters. The number of hydrogen-bond donors (Lipinski definition) is 0. The van der Waals surface area contributed by atoms with E-state index in [9.17, 15) is 67.1 Å². The fourth-order valence-corrected chi connectivity index (χ4v) is 9.98. The number of carbonyl (C=O) groups excluding carboxylic acids is 14. The third kappa shape index (κ3) is 39.4. The summed E-state index contributed by atoms with van der Waals surface area (Å²) in [6.45, 7) is 24.5. The number of hydrogen-bond acceptors (Lipinski definition) is 35. The van der Waals surface area contributed by atoms with Crippen LogP contribution in [0.5, 0.6) is 0 Å². The van der Waals surface area contributed by atoms with Crippen molar-refractivity contribution in [3.8, 4) is 0 Å². The van der Waals surface area contributed by atoms with Crippen LogP contribution < -0.4 is 0 Å². The lowest BCUT2D eigenvalue weighted by atomic mass is 9.92. The summed E-state index contributed by atoms with van der Waals surface area (Å²) in [7, 11) is 0. The average Bonchev–Trinajstić information content (AvgIpc) is 0.875. The van der Waals surface area contributed by atoms with Crippen molar-refractivity contribution in [2.24, 2.45) is 37.9 Å². The van der Waals surface area contributed by atoms with Crippen LogP contribution in [0.25, 0.3) is 0 Å². The molecular weight excluding hydrogens is 1620 g/mol. The quantitative estimate of drug-likeness (QED) is 0.0268. The summed E-state index contributed by atoms with van der Waals surface area (Å²) in [6, 6.07) is 7.46. The molecule has 0 amide bonds. The molecule has 0 aromatic heterocycles. The first-order valence-corrected chi connectivity index (χ1v) is 40.7. The standard InChI is InChI=1S/C15H26O5.C14H15ClO5.C13H22O5.C10H16O5.C9H13BrO5.2C9H14O5/c1-3-4-5-6-7-8-9-10-18-13(16)15(2)11-19-14(17)20-12-15;1-14(8-19-13(17)20-9-14)12(16)18-7-11-4-2-10(6-15)3-5-11;1-3-4-5-6-7-8-16-11(14)13(2)9-17-12(15)18-10-13;1-3-4-5-13-8(11)10(2)6-14-9(12)15-7-10;1-9(5-14-8(12)15-6-9)7(11)13-4-2-3-10;2*1-3-4-12-7(10)9(2)5-13-8(11)14-6-9/h3-12H2,1-2H3;2-5H,6-9H2,1H3;3-10H2,1-2H3;3-7H2,1-2H3;2-6H2,1H3;2*3-6H2,1-2H3. The lowest BCUT2D eigenvalue weighted by molar-refractivity contribution is -0.168. The SMILES string of the molecule is CC1(C(=O)OCCCBr)COC(=O)OC1.CC1(C(=O)OCc2ccc(CCl)cc2)COC(=O)OC1.CCCCCCCCCOC(=O)C1(C)COC(=O)OC1.CCCCCCCOC(=O)C1(C)COC(=O)OC1.CCCCOC(=O)C1(C)COC(=O)OC1.CCCOC(=O)C1(C)COC(=O)OC1.CCCOC(=O)C1(C)COC(=O)OC1. The largest absolute Gasteiger partial charge is 0.508 e. The van der Waals surface area contributed by atoms with Gasteiger partial charge in [-0.1, -0.05) is 145 Å². The van der Waals surface area contributed by atoms with E-state index in [0.29, 0.717) is 45.5 Å². The highest BCUT2D eigenvalue weighted by molar-refractivity contribution is 9.09. The number of carbonyl (C=O) groups is 14. The van der Waals surface area contributed by atoms with Gasteiger partial charge in [-0.3, -0.25) is 33.6 Å². The molecule has 7 saturated heterocycles. The molecule has 7 aliphatic rings. The Kier molecular flexibility index (Phi) is 48.9. The van der Waals surface area contributed by atoms with E-state index in [1.54, 1.807) is 48.5 Å². The number of benzene rings is 1. The first-order chi connectivity index (χ1) is 55.0. The summed E-state index contributed by atoms with van der Waals surface area (Å²) in [5, 5.41) is 0.780. The predicted octanol–water partition coefficient (Wildman–Crippen LogP) is 14.0. The average molecular weight is 1750 g/mol. The number of esters is 7. The van der Waals surface area contributed by atoms with Crippen LogP contribution in [0, 0.1) is 37.9 Å². The first-order valence-electron chi connectivity index (χ1n) is 39.0. The number of cyclic esters (lactones) is 14. The van der Waals surface area contributed by atoms with Crippen molar-refractivity contribution in [1.29, 1.82) is 0 Å². The minimum Gasteiger partial charge on any atom is -0.465 e. The van der Waals surface area contributed by atoms with Crippen LogP contribution in [0.2, 0.25) is 0 Å². The maximum Gasteiger partial charge on any atom is 0.508 e. The fourth-order valence-electron chi connectivity index (χ4n) is 9.57. The van der Waals surface area contributed by atoms with Crippen molar-refractivity contribution in [2.75, 3.05) is 137 Å². The van der Waals surface area contributed by atoms with E-state index in [2.05, 4.69) is 67.7 Å². The maximum atomic E-state index is 12.0. The lowest BCUT2D eigenvalue weighted by Crippen LogP contribution is -2.44. The van der Waals surface area contributed by atoms with Crippen molar-refractivity contribution < 1.29 is 167 Å². The molecule has 0 N–H and O–H groups in total. The van der Waals surface area contributed by atoms with Crippen molar-refractivity contribution in [1.82, 2.24) is 0 Å². The smallest absolute Gasteiger partial charge is 0.465 e. The monoisotopic (exact) mass is 1740 g/mol. The number of halogens is 2. The molecule has 7 heterocycles. The fraction of sp³-hybridized carbons (Fsp3) is 0.747. The zero-order valence-corrected chi connectivity index (χ0v) is 71.5. The predicted molar refractivity (Wildman–Crippen MR) is 410 cm³/mol. The Morgan fingerprint density at radius 1 is 0.276 bits per heavy atom. The molecule has 0 saturated carbocycles. The van der Waals surface area contributed by atoms with Gasteiger partial charge in [-0.05, 0) is 98.1 Å². The molecule has 7 fully saturated rings. The highest BCUT2D eigenvalue weighted by atomic mass is 79.9. The van der Waals surface area contributed by atoms with Gasteiger partial charge in [0.15, 0.2) is 0 Å². The summed E-state index contributed by atoms with van der Waals surface area (Å²) in [6.07, 6.45) is 12.7. The molecule has 660 valence electrons. The van der Waals surface area contributed by atoms with E-state index >= 15 is 0 Å². The summed E-state index contributed by atoms with van der Waals surface area (Å²) >= 11 is 8.93. The van der Waals surface area contributed by atoms with Gasteiger partial charge in [-0.25, -0.2) is 33.6 Å². The maximum absolute atomic E-state index is 12.0. The van der Waals surface area contributed by atoms with Gasteiger partial charge in [0.05, 0.1) is 39.6 Å². The van der Waals surface area contributed by atoms with E-state index in [-0.39, 0.29) is 129 Å². The molecule has 0 bridgehead atoms. The van der Waals surface area contributed by atoms with Crippen LogP contribution in [-0.2, 0) is 146 Å². The van der Waals surface area contributed by atoms with Gasteiger partial charge in [0.1, 0.15) is 137 Å². The molecule has 0 atom stereocenters. The minimum absolute atomic E-state index is 0.0129. The van der Waals surface area contributed by atoms with Crippen LogP contribution in [0.3, 0.4) is 0 Å². The van der Waals surface area contributed by atoms with Crippen LogP contribution in [-0.4, -0.2) is 222 Å². The molecule has 0 spiro atoms. The number of alkyl halides is 2. The zero-order valence-electron chi connectivity index (χ0n) is 69.1. The Morgan fingerprint density at radius 2 is 0.466 bits per heavy atom. The highest BCUT2D eigenvalue weighted by Gasteiger charge is 2.47. The van der Waals surface area contributed by atoms with Crippen molar-refractivity contribution in [3.05, 3.63) is 35.4 Å². The molecule has 0 aliphatic carbocycles. The number of ether oxygens (including phenoxy) is 21. The highest BCUT2D eigenvalue weighted by Crippen LogP contribution is 2.31. The molecular formula is C79H120BrClO35. The Hall–Kier alpha value is -8.83. The summed E-state index contributed by atoms with van der Waals surface area (Å²) in [5.41, 5.74) is -4.27. The second kappa shape index (κ2) is 55.0. The first kappa shape index (κ1) is 103. The Morgan fingerprint density at radius 3 is 0.681 bits per heavy atom. The topological polar surface area (TPSA) is 433 Å². The molecule has 1 aromatic carbocycles. The lowest BCUT2D eigenvalue weighted by Gasteiger charge is -2.29. The molecule has 37 heteroatoms. The molecule has 35 nitrogen and oxygen atoms in total. The Balaban J connectivity index is 0.000000461. The van der Waals surface area contributed by atoms with E-state index in [1.165, 1.54) is 51.4 Å². The summed E-state index contributed by atoms with van der Waals surface area (Å²) in [5.74, 6) is -2.24. The minimum atomic E-state index is -0.954. The molecule has 8 rings (SSSR count). The third-order valence-corrected chi connectivity index (χ3v) is 18.6. The van der Waals surface area contributed by atoms with Crippen LogP contribution in [0.4, 0.5) is 33.6 Å². The van der Waals surface area contributed by atoms with E-state index in [0.717, 1.165) is 74.2 Å². The van der Waals surface area contributed by atoms with Gasteiger partial charge in [-0.2, -0.15) is 0 Å². The van der Waals surface area contributed by atoms with Crippen LogP contribution >= 0.6 is 27.5 Å². The Labute approximate surface area is 691 Å². The molecule has 7 aliphatic heterocycles. The van der Waals surface area contributed by atoms with Gasteiger partial charge in [0.2, 0.25) is 0 Å². The Bertz CT molecular complexity index is 3060. The van der Waals surface area contributed by atoms with Crippen LogP contribution in [0.1, 0.15) is 203 Å². The number of unbranched alkanes of at least 4 members (excludes halogenated alkanes) is 11. The van der Waals surface area contributed by atoms with Crippen molar-refractivity contribution >= 4 is 112 Å². The van der Waals surface area contributed by atoms with Gasteiger partial charge in [-0.15, -0.1) is 11.6 Å². The third-order valence-electron chi connectivity index (χ3n) is 17.7. The zero-order chi connectivity index (χ0) is 86.7. The van der Waals surface area contributed by atoms with Crippen molar-refractivity contribution in [3.63, 3.8) is 0 Å². The second-order valence-electron chi connectivity index (χ2n) is 30.0. The molecule has 0 radical (unpaired) electrons. The normalized spacial score (nSPS) is 18.2. The number of rotatable bonds is 34. The van der Waals surface area contributed by atoms with E-state index in [1.807, 2.05) is 45.0 Å². The van der Waals surface area contributed by atoms with Gasteiger partial charge < -0.3 is 99.5 Å². The van der Waals surface area contributed by atoms with Crippen LogP contribution in [0.15, 0.2) is 24.3 Å². The van der Waals surface area contributed by atoms with Gasteiger partial charge >= 0.3 is 84.9 Å². The van der Waals surface area contributed by atoms with E-state index in [4.69, 9.17) is 73.2 Å². The summed E-state index contributed by atoms with van der Waals surface area (Å²) in [4.78, 5) is 157. The summed E-state index contributed by atoms with van der Waals surface area (Å²) < 4.78 is 101. The molecule has 1 aromatic rings. The van der Waals surface area contributed by atoms with Gasteiger partial charge in [0, 0.05) is 11.2 Å². The van der Waals surface area contributed by atoms with Gasteiger partial charge in [0.25, 0.3) is 0 Å². The molecule has 116 heavy (non-hydrogen) atoms. The van der Waals surface area contributed by atoms with E-state index < -0.39 is 92.9 Å². The van der Waals surface area contributed by atoms with Crippen molar-refractivity contribution in [2.45, 2.75) is 205 Å². The second-order valence-corrected chi connectivity index (χ2v) is 31.0.